The molecule has 7 nitrogen and oxygen atoms in total. The molecule has 1 fully saturated rings. The van der Waals surface area contributed by atoms with E-state index in [4.69, 9.17) is 17.0 Å². The average molecular weight is 443 g/mol. The number of sulfonamides is 1. The van der Waals surface area contributed by atoms with Crippen molar-refractivity contribution in [3.8, 4) is 0 Å². The van der Waals surface area contributed by atoms with Crippen LogP contribution in [0.25, 0.3) is 0 Å². The van der Waals surface area contributed by atoms with Crippen molar-refractivity contribution in [2.75, 3.05) is 51.3 Å². The summed E-state index contributed by atoms with van der Waals surface area (Å²) in [4.78, 5) is 2.65. The molecule has 0 radical (unpaired) electrons. The highest BCUT2D eigenvalue weighted by Gasteiger charge is 2.28. The fourth-order valence-electron chi connectivity index (χ4n) is 3.35. The van der Waals surface area contributed by atoms with Gasteiger partial charge in [0.2, 0.25) is 10.0 Å². The number of thiocarbonyl (C=S) groups is 1. The minimum absolute atomic E-state index is 0.0709. The number of morpholine rings is 1. The maximum absolute atomic E-state index is 12.8. The second kappa shape index (κ2) is 10.2. The van der Waals surface area contributed by atoms with Crippen LogP contribution in [0.4, 0.5) is 5.69 Å². The molecule has 1 aromatic carbocycles. The molecule has 29 heavy (non-hydrogen) atoms. The summed E-state index contributed by atoms with van der Waals surface area (Å²) in [6.45, 7) is 14.8. The lowest BCUT2D eigenvalue weighted by Crippen LogP contribution is -2.55. The molecule has 0 saturated carbocycles. The summed E-state index contributed by atoms with van der Waals surface area (Å²) in [6.07, 6.45) is 0. The Labute approximate surface area is 180 Å². The predicted molar refractivity (Wildman–Crippen MR) is 122 cm³/mol. The van der Waals surface area contributed by atoms with Gasteiger partial charge in [-0.3, -0.25) is 4.90 Å². The standard InChI is InChI=1S/C20H34N4O3S2/c1-6-24(7-2)29(25,26)17-9-8-16(3)18(14-17)22-19(28)21-15-20(4,5)23-10-12-27-13-11-23/h8-9,14H,6-7,10-13,15H2,1-5H3,(H2,21,22,28). The van der Waals surface area contributed by atoms with E-state index in [9.17, 15) is 8.42 Å². The van der Waals surface area contributed by atoms with Crippen LogP contribution in [-0.2, 0) is 14.8 Å². The fourth-order valence-corrected chi connectivity index (χ4v) is 5.02. The van der Waals surface area contributed by atoms with Gasteiger partial charge < -0.3 is 15.4 Å². The summed E-state index contributed by atoms with van der Waals surface area (Å²) in [6, 6.07) is 5.11. The van der Waals surface area contributed by atoms with Gasteiger partial charge in [-0.05, 0) is 50.7 Å². The molecule has 9 heteroatoms. The first-order chi connectivity index (χ1) is 13.6. The molecule has 0 atom stereocenters. The fraction of sp³-hybridized carbons (Fsp3) is 0.650. The molecule has 0 spiro atoms. The lowest BCUT2D eigenvalue weighted by molar-refractivity contribution is -0.00823. The molecule has 1 aliphatic rings. The maximum atomic E-state index is 12.8. The summed E-state index contributed by atoms with van der Waals surface area (Å²) in [7, 11) is -3.52. The zero-order valence-electron chi connectivity index (χ0n) is 18.1. The van der Waals surface area contributed by atoms with Gasteiger partial charge in [-0.25, -0.2) is 8.42 Å². The van der Waals surface area contributed by atoms with Gasteiger partial charge in [-0.15, -0.1) is 0 Å². The number of anilines is 1. The van der Waals surface area contributed by atoms with E-state index in [1.165, 1.54) is 4.31 Å². The zero-order valence-corrected chi connectivity index (χ0v) is 19.8. The van der Waals surface area contributed by atoms with Crippen molar-refractivity contribution in [3.63, 3.8) is 0 Å². The minimum atomic E-state index is -3.52. The van der Waals surface area contributed by atoms with Crippen molar-refractivity contribution < 1.29 is 13.2 Å². The quantitative estimate of drug-likeness (QED) is 0.599. The Morgan fingerprint density at radius 1 is 1.24 bits per heavy atom. The van der Waals surface area contributed by atoms with E-state index >= 15 is 0 Å². The van der Waals surface area contributed by atoms with Crippen LogP contribution in [0.3, 0.4) is 0 Å². The summed E-state index contributed by atoms with van der Waals surface area (Å²) in [5, 5.41) is 6.92. The van der Waals surface area contributed by atoms with Crippen LogP contribution < -0.4 is 10.6 Å². The van der Waals surface area contributed by atoms with E-state index in [0.29, 0.717) is 30.4 Å². The van der Waals surface area contributed by atoms with Crippen LogP contribution in [0.1, 0.15) is 33.3 Å². The van der Waals surface area contributed by atoms with Crippen molar-refractivity contribution >= 4 is 33.0 Å². The minimum Gasteiger partial charge on any atom is -0.379 e. The topological polar surface area (TPSA) is 73.9 Å². The molecule has 0 amide bonds. The van der Waals surface area contributed by atoms with E-state index < -0.39 is 10.0 Å². The van der Waals surface area contributed by atoms with Crippen LogP contribution in [0, 0.1) is 6.92 Å². The Balaban J connectivity index is 2.06. The van der Waals surface area contributed by atoms with Crippen LogP contribution in [0.5, 0.6) is 0 Å². The lowest BCUT2D eigenvalue weighted by Gasteiger charge is -2.41. The van der Waals surface area contributed by atoms with E-state index in [2.05, 4.69) is 29.4 Å². The average Bonchev–Trinajstić information content (AvgIpc) is 2.69. The summed E-state index contributed by atoms with van der Waals surface area (Å²) >= 11 is 5.47. The van der Waals surface area contributed by atoms with Gasteiger partial charge in [0.1, 0.15) is 0 Å². The number of rotatable bonds is 8. The van der Waals surface area contributed by atoms with E-state index in [-0.39, 0.29) is 10.4 Å². The summed E-state index contributed by atoms with van der Waals surface area (Å²) < 4.78 is 32.5. The third kappa shape index (κ3) is 6.11. The van der Waals surface area contributed by atoms with Crippen LogP contribution in [-0.4, -0.2) is 74.2 Å². The van der Waals surface area contributed by atoms with Crippen molar-refractivity contribution in [2.24, 2.45) is 0 Å². The largest absolute Gasteiger partial charge is 0.379 e. The smallest absolute Gasteiger partial charge is 0.243 e. The Bertz CT molecular complexity index is 802. The molecule has 164 valence electrons. The third-order valence-electron chi connectivity index (χ3n) is 5.35. The Kier molecular flexibility index (Phi) is 8.42. The monoisotopic (exact) mass is 442 g/mol. The van der Waals surface area contributed by atoms with Gasteiger partial charge in [0.15, 0.2) is 5.11 Å². The molecular formula is C20H34N4O3S2. The lowest BCUT2D eigenvalue weighted by atomic mass is 10.0. The van der Waals surface area contributed by atoms with Gasteiger partial charge in [0.05, 0.1) is 18.1 Å². The molecule has 1 aromatic rings. The van der Waals surface area contributed by atoms with Crippen LogP contribution in [0.2, 0.25) is 0 Å². The van der Waals surface area contributed by atoms with Crippen molar-refractivity contribution in [1.29, 1.82) is 0 Å². The van der Waals surface area contributed by atoms with E-state index in [1.54, 1.807) is 18.2 Å². The molecule has 0 unspecified atom stereocenters. The van der Waals surface area contributed by atoms with Crippen molar-refractivity contribution in [2.45, 2.75) is 45.1 Å². The molecule has 2 N–H and O–H groups in total. The van der Waals surface area contributed by atoms with Crippen molar-refractivity contribution in [3.05, 3.63) is 23.8 Å². The van der Waals surface area contributed by atoms with Gasteiger partial charge in [-0.1, -0.05) is 19.9 Å². The maximum Gasteiger partial charge on any atom is 0.243 e. The third-order valence-corrected chi connectivity index (χ3v) is 7.64. The predicted octanol–water partition coefficient (Wildman–Crippen LogP) is 2.42. The number of ether oxygens (including phenoxy) is 1. The molecule has 0 aliphatic carbocycles. The first-order valence-electron chi connectivity index (χ1n) is 10.1. The second-order valence-electron chi connectivity index (χ2n) is 7.79. The number of nitrogens with one attached hydrogen (secondary N) is 2. The number of aryl methyl sites for hydroxylation is 1. The number of nitrogens with zero attached hydrogens (tertiary/aromatic N) is 2. The summed E-state index contributed by atoms with van der Waals surface area (Å²) in [5.41, 5.74) is 1.55. The van der Waals surface area contributed by atoms with Crippen LogP contribution in [0.15, 0.2) is 23.1 Å². The summed E-state index contributed by atoms with van der Waals surface area (Å²) in [5.74, 6) is 0. The van der Waals surface area contributed by atoms with Gasteiger partial charge in [0, 0.05) is 44.0 Å². The Morgan fingerprint density at radius 3 is 2.45 bits per heavy atom. The normalized spacial score (nSPS) is 16.1. The first kappa shape index (κ1) is 24.0. The molecule has 0 bridgehead atoms. The van der Waals surface area contributed by atoms with Gasteiger partial charge >= 0.3 is 0 Å². The zero-order chi connectivity index (χ0) is 21.7. The number of hydrogen-bond acceptors (Lipinski definition) is 5. The van der Waals surface area contributed by atoms with E-state index in [0.717, 1.165) is 31.9 Å². The number of benzene rings is 1. The Hall–Kier alpha value is -1.26. The van der Waals surface area contributed by atoms with Gasteiger partial charge in [-0.2, -0.15) is 4.31 Å². The highest BCUT2D eigenvalue weighted by molar-refractivity contribution is 7.89. The van der Waals surface area contributed by atoms with Crippen LogP contribution >= 0.6 is 12.2 Å². The SMILES string of the molecule is CCN(CC)S(=O)(=O)c1ccc(C)c(NC(=S)NCC(C)(C)N2CCOCC2)c1. The molecule has 2 rings (SSSR count). The molecule has 0 aromatic heterocycles. The Morgan fingerprint density at radius 2 is 1.86 bits per heavy atom. The highest BCUT2D eigenvalue weighted by atomic mass is 32.2. The highest BCUT2D eigenvalue weighted by Crippen LogP contribution is 2.23. The molecule has 1 saturated heterocycles. The van der Waals surface area contributed by atoms with Gasteiger partial charge in [0.25, 0.3) is 0 Å². The number of hydrogen-bond donors (Lipinski definition) is 2. The molecule has 1 heterocycles. The second-order valence-corrected chi connectivity index (χ2v) is 10.1. The van der Waals surface area contributed by atoms with Crippen molar-refractivity contribution in [1.82, 2.24) is 14.5 Å². The molecular weight excluding hydrogens is 408 g/mol. The molecule has 1 aliphatic heterocycles. The first-order valence-corrected chi connectivity index (χ1v) is 11.9. The van der Waals surface area contributed by atoms with E-state index in [1.807, 2.05) is 20.8 Å².